The highest BCUT2D eigenvalue weighted by molar-refractivity contribution is 5.29. The van der Waals surface area contributed by atoms with Crippen molar-refractivity contribution in [1.29, 1.82) is 0 Å². The van der Waals surface area contributed by atoms with Gasteiger partial charge in [-0.05, 0) is 49.9 Å². The Kier molecular flexibility index (Phi) is 5.19. The predicted octanol–water partition coefficient (Wildman–Crippen LogP) is 4.06. The number of benzene rings is 2. The zero-order chi connectivity index (χ0) is 14.4. The third kappa shape index (κ3) is 4.39. The van der Waals surface area contributed by atoms with E-state index in [4.69, 9.17) is 0 Å². The lowest BCUT2D eigenvalue weighted by Crippen LogP contribution is -2.29. The number of nitrogens with one attached hydrogen (secondary N) is 1. The smallest absolute Gasteiger partial charge is 0.115 e. The summed E-state index contributed by atoms with van der Waals surface area (Å²) in [6.07, 6.45) is 2.19. The Morgan fingerprint density at radius 1 is 1.00 bits per heavy atom. The van der Waals surface area contributed by atoms with Crippen molar-refractivity contribution in [3.8, 4) is 5.75 Å². The monoisotopic (exact) mass is 269 g/mol. The highest BCUT2D eigenvalue weighted by atomic mass is 16.3. The van der Waals surface area contributed by atoms with Crippen LogP contribution in [0.3, 0.4) is 0 Å². The first-order valence-electron chi connectivity index (χ1n) is 7.24. The molecule has 0 bridgehead atoms. The van der Waals surface area contributed by atoms with Crippen LogP contribution in [0.4, 0.5) is 0 Å². The molecule has 0 saturated heterocycles. The van der Waals surface area contributed by atoms with Gasteiger partial charge in [0, 0.05) is 12.1 Å². The number of hydrogen-bond acceptors (Lipinski definition) is 2. The van der Waals surface area contributed by atoms with Crippen LogP contribution in [0.25, 0.3) is 0 Å². The van der Waals surface area contributed by atoms with Gasteiger partial charge in [-0.2, -0.15) is 0 Å². The minimum absolute atomic E-state index is 0.243. The Morgan fingerprint density at radius 3 is 2.45 bits per heavy atom. The molecule has 0 heterocycles. The van der Waals surface area contributed by atoms with Crippen LogP contribution >= 0.6 is 0 Å². The maximum Gasteiger partial charge on any atom is 0.115 e. The van der Waals surface area contributed by atoms with E-state index >= 15 is 0 Å². The summed E-state index contributed by atoms with van der Waals surface area (Å²) in [5, 5.41) is 13.1. The number of aromatic hydroxyl groups is 1. The van der Waals surface area contributed by atoms with Crippen molar-refractivity contribution in [2.45, 2.75) is 38.8 Å². The first kappa shape index (κ1) is 14.6. The maximum atomic E-state index is 9.52. The quantitative estimate of drug-likeness (QED) is 0.828. The van der Waals surface area contributed by atoms with Crippen LogP contribution in [0.1, 0.15) is 37.4 Å². The molecule has 2 atom stereocenters. The van der Waals surface area contributed by atoms with Gasteiger partial charge in [0.2, 0.25) is 0 Å². The molecule has 2 unspecified atom stereocenters. The minimum atomic E-state index is 0.243. The Hall–Kier alpha value is -1.80. The lowest BCUT2D eigenvalue weighted by molar-refractivity contribution is 0.449. The minimum Gasteiger partial charge on any atom is -0.508 e. The summed E-state index contributed by atoms with van der Waals surface area (Å²) in [5.41, 5.74) is 2.50. The van der Waals surface area contributed by atoms with Crippen molar-refractivity contribution in [1.82, 2.24) is 5.32 Å². The van der Waals surface area contributed by atoms with Crippen LogP contribution in [0.15, 0.2) is 54.6 Å². The van der Waals surface area contributed by atoms with Gasteiger partial charge >= 0.3 is 0 Å². The number of hydrogen-bond donors (Lipinski definition) is 2. The van der Waals surface area contributed by atoms with E-state index in [1.54, 1.807) is 6.07 Å². The third-order valence-electron chi connectivity index (χ3n) is 3.61. The van der Waals surface area contributed by atoms with Crippen LogP contribution in [-0.2, 0) is 6.42 Å². The molecule has 0 aliphatic carbocycles. The second-order valence-corrected chi connectivity index (χ2v) is 5.41. The number of phenolic OH excluding ortho intramolecular Hbond substituents is 1. The van der Waals surface area contributed by atoms with Gasteiger partial charge in [0.25, 0.3) is 0 Å². The van der Waals surface area contributed by atoms with E-state index in [1.165, 1.54) is 5.56 Å². The topological polar surface area (TPSA) is 32.3 Å². The van der Waals surface area contributed by atoms with Gasteiger partial charge in [0.05, 0.1) is 0 Å². The van der Waals surface area contributed by atoms with Gasteiger partial charge in [0.1, 0.15) is 5.75 Å². The second-order valence-electron chi connectivity index (χ2n) is 5.41. The molecule has 0 aliphatic heterocycles. The third-order valence-corrected chi connectivity index (χ3v) is 3.61. The summed E-state index contributed by atoms with van der Waals surface area (Å²) in [4.78, 5) is 0. The highest BCUT2D eigenvalue weighted by Gasteiger charge is 2.10. The molecule has 2 N–H and O–H groups in total. The molecule has 2 aromatic carbocycles. The number of phenols is 1. The molecule has 0 fully saturated rings. The standard InChI is InChI=1S/C18H23NO/c1-14(11-12-16-7-4-3-5-8-16)19-15(2)17-9-6-10-18(20)13-17/h3-10,13-15,19-20H,11-12H2,1-2H3. The normalized spacial score (nSPS) is 13.9. The predicted molar refractivity (Wildman–Crippen MR) is 83.9 cm³/mol. The fraction of sp³-hybridized carbons (Fsp3) is 0.333. The Morgan fingerprint density at radius 2 is 1.75 bits per heavy atom. The molecule has 0 radical (unpaired) electrons. The molecular formula is C18H23NO. The second kappa shape index (κ2) is 7.11. The van der Waals surface area contributed by atoms with E-state index in [-0.39, 0.29) is 6.04 Å². The molecule has 2 nitrogen and oxygen atoms in total. The zero-order valence-electron chi connectivity index (χ0n) is 12.2. The van der Waals surface area contributed by atoms with Crippen molar-refractivity contribution in [2.24, 2.45) is 0 Å². The molecule has 0 amide bonds. The Labute approximate surface area is 121 Å². The lowest BCUT2D eigenvalue weighted by Gasteiger charge is -2.20. The Bertz CT molecular complexity index is 524. The van der Waals surface area contributed by atoms with Crippen molar-refractivity contribution >= 4 is 0 Å². The van der Waals surface area contributed by atoms with E-state index in [9.17, 15) is 5.11 Å². The number of aryl methyl sites for hydroxylation is 1. The van der Waals surface area contributed by atoms with E-state index in [1.807, 2.05) is 18.2 Å². The molecule has 0 spiro atoms. The van der Waals surface area contributed by atoms with Crippen molar-refractivity contribution in [2.75, 3.05) is 0 Å². The summed E-state index contributed by atoms with van der Waals surface area (Å²) >= 11 is 0. The van der Waals surface area contributed by atoms with Crippen LogP contribution < -0.4 is 5.32 Å². The van der Waals surface area contributed by atoms with Crippen LogP contribution in [0.2, 0.25) is 0 Å². The summed E-state index contributed by atoms with van der Waals surface area (Å²) in [5.74, 6) is 0.327. The molecule has 20 heavy (non-hydrogen) atoms. The van der Waals surface area contributed by atoms with Gasteiger partial charge in [-0.1, -0.05) is 42.5 Å². The SMILES string of the molecule is CC(CCc1ccccc1)NC(C)c1cccc(O)c1. The molecule has 0 saturated carbocycles. The molecular weight excluding hydrogens is 246 g/mol. The summed E-state index contributed by atoms with van der Waals surface area (Å²) < 4.78 is 0. The van der Waals surface area contributed by atoms with Gasteiger partial charge < -0.3 is 10.4 Å². The fourth-order valence-corrected chi connectivity index (χ4v) is 2.43. The number of rotatable bonds is 6. The van der Waals surface area contributed by atoms with E-state index in [0.717, 1.165) is 18.4 Å². The average molecular weight is 269 g/mol. The van der Waals surface area contributed by atoms with Crippen molar-refractivity contribution in [3.63, 3.8) is 0 Å². The first-order chi connectivity index (χ1) is 9.65. The molecule has 106 valence electrons. The molecule has 0 aromatic heterocycles. The lowest BCUT2D eigenvalue weighted by atomic mass is 10.0. The van der Waals surface area contributed by atoms with Gasteiger partial charge in [-0.25, -0.2) is 0 Å². The van der Waals surface area contributed by atoms with Gasteiger partial charge in [0.15, 0.2) is 0 Å². The van der Waals surface area contributed by atoms with Crippen LogP contribution in [0, 0.1) is 0 Å². The van der Waals surface area contributed by atoms with E-state index in [2.05, 4.69) is 49.5 Å². The molecule has 2 aromatic rings. The van der Waals surface area contributed by atoms with Gasteiger partial charge in [-0.15, -0.1) is 0 Å². The van der Waals surface area contributed by atoms with Crippen molar-refractivity contribution in [3.05, 3.63) is 65.7 Å². The molecule has 0 aliphatic rings. The first-order valence-corrected chi connectivity index (χ1v) is 7.24. The van der Waals surface area contributed by atoms with Crippen LogP contribution in [0.5, 0.6) is 5.75 Å². The van der Waals surface area contributed by atoms with Crippen LogP contribution in [-0.4, -0.2) is 11.1 Å². The van der Waals surface area contributed by atoms with E-state index < -0.39 is 0 Å². The fourth-order valence-electron chi connectivity index (χ4n) is 2.43. The van der Waals surface area contributed by atoms with E-state index in [0.29, 0.717) is 11.8 Å². The maximum absolute atomic E-state index is 9.52. The van der Waals surface area contributed by atoms with Gasteiger partial charge in [-0.3, -0.25) is 0 Å². The summed E-state index contributed by atoms with van der Waals surface area (Å²) in [6, 6.07) is 18.7. The summed E-state index contributed by atoms with van der Waals surface area (Å²) in [7, 11) is 0. The zero-order valence-corrected chi connectivity index (χ0v) is 12.2. The molecule has 2 heteroatoms. The van der Waals surface area contributed by atoms with Crippen molar-refractivity contribution < 1.29 is 5.11 Å². The summed E-state index contributed by atoms with van der Waals surface area (Å²) in [6.45, 7) is 4.34. The largest absolute Gasteiger partial charge is 0.508 e. The Balaban J connectivity index is 1.83. The molecule has 2 rings (SSSR count). The average Bonchev–Trinajstić information content (AvgIpc) is 2.46. The highest BCUT2D eigenvalue weighted by Crippen LogP contribution is 2.18.